The largest absolute Gasteiger partial charge is 0.414 e. The van der Waals surface area contributed by atoms with Gasteiger partial charge in [0.15, 0.2) is 16.6 Å². The summed E-state index contributed by atoms with van der Waals surface area (Å²) in [5.74, 6) is 3.87. The zero-order chi connectivity index (χ0) is 28.3. The Bertz CT molecular complexity index is 958. The Morgan fingerprint density at radius 1 is 0.895 bits per heavy atom. The molecule has 0 bridgehead atoms. The number of aliphatic hydroxyl groups is 1. The lowest BCUT2D eigenvalue weighted by Crippen LogP contribution is -2.57. The molecule has 4 fully saturated rings. The Morgan fingerprint density at radius 2 is 1.50 bits per heavy atom. The summed E-state index contributed by atoms with van der Waals surface area (Å²) < 4.78 is 14.3. The van der Waals surface area contributed by atoms with Gasteiger partial charge in [-0.15, -0.1) is 0 Å². The molecule has 0 unspecified atom stereocenters. The Kier molecular flexibility index (Phi) is 7.02. The SMILES string of the molecule is CC(C)(C)[Si](C)(C)O[C@H]1CC[C@@]2(C)C(=C[C@H](CO)[C@H]3[C@@H]4[C@@H]5C[C@@H]5[C@H](O[Si](C)(C)C(C)(C)C)[C@@]4(C)CC[C@@H]32)C1. The first-order valence-corrected chi connectivity index (χ1v) is 21.8. The molecule has 218 valence electrons. The monoisotopic (exact) mass is 560 g/mol. The van der Waals surface area contributed by atoms with Gasteiger partial charge in [0, 0.05) is 18.6 Å². The lowest BCUT2D eigenvalue weighted by Gasteiger charge is -2.61. The summed E-state index contributed by atoms with van der Waals surface area (Å²) in [5, 5.41) is 11.3. The van der Waals surface area contributed by atoms with Crippen molar-refractivity contribution in [2.75, 3.05) is 6.61 Å². The van der Waals surface area contributed by atoms with Crippen molar-refractivity contribution in [3.8, 4) is 0 Å². The Labute approximate surface area is 237 Å². The maximum absolute atomic E-state index is 10.8. The lowest BCUT2D eigenvalue weighted by molar-refractivity contribution is -0.104. The third kappa shape index (κ3) is 4.43. The average molecular weight is 561 g/mol. The molecule has 0 aliphatic heterocycles. The summed E-state index contributed by atoms with van der Waals surface area (Å²) in [6.45, 7) is 29.4. The van der Waals surface area contributed by atoms with Gasteiger partial charge in [-0.25, -0.2) is 0 Å². The molecule has 0 amide bonds. The minimum absolute atomic E-state index is 0.244. The van der Waals surface area contributed by atoms with Gasteiger partial charge in [-0.1, -0.05) is 67.0 Å². The molecule has 0 aromatic carbocycles. The van der Waals surface area contributed by atoms with Gasteiger partial charge in [0.1, 0.15) is 0 Å². The molecule has 0 heterocycles. The summed E-state index contributed by atoms with van der Waals surface area (Å²) in [6, 6.07) is 0. The highest BCUT2D eigenvalue weighted by atomic mass is 28.4. The van der Waals surface area contributed by atoms with Gasteiger partial charge in [0.05, 0.1) is 6.10 Å². The second-order valence-electron chi connectivity index (χ2n) is 17.8. The van der Waals surface area contributed by atoms with Crippen molar-refractivity contribution in [1.82, 2.24) is 0 Å². The van der Waals surface area contributed by atoms with Crippen molar-refractivity contribution in [3.05, 3.63) is 11.6 Å². The molecule has 0 spiro atoms. The van der Waals surface area contributed by atoms with E-state index in [1.54, 1.807) is 5.57 Å². The molecule has 4 saturated carbocycles. The molecule has 5 aliphatic rings. The highest BCUT2D eigenvalue weighted by Gasteiger charge is 2.72. The van der Waals surface area contributed by atoms with E-state index in [9.17, 15) is 5.11 Å². The second-order valence-corrected chi connectivity index (χ2v) is 27.3. The van der Waals surface area contributed by atoms with Crippen LogP contribution in [-0.2, 0) is 8.85 Å². The summed E-state index contributed by atoms with van der Waals surface area (Å²) in [7, 11) is -3.63. The van der Waals surface area contributed by atoms with Gasteiger partial charge in [0.2, 0.25) is 0 Å². The molecule has 0 radical (unpaired) electrons. The molecule has 5 rings (SSSR count). The first-order chi connectivity index (χ1) is 17.3. The third-order valence-corrected chi connectivity index (χ3v) is 22.6. The number of aliphatic hydroxyl groups excluding tert-OH is 1. The molecule has 10 atom stereocenters. The van der Waals surface area contributed by atoms with E-state index in [1.165, 1.54) is 32.1 Å². The Morgan fingerprint density at radius 3 is 2.08 bits per heavy atom. The van der Waals surface area contributed by atoms with E-state index in [0.717, 1.165) is 18.3 Å². The van der Waals surface area contributed by atoms with Crippen molar-refractivity contribution < 1.29 is 14.0 Å². The van der Waals surface area contributed by atoms with Crippen molar-refractivity contribution in [2.45, 2.75) is 142 Å². The van der Waals surface area contributed by atoms with Gasteiger partial charge < -0.3 is 14.0 Å². The number of fused-ring (bicyclic) bond motifs is 7. The van der Waals surface area contributed by atoms with Crippen LogP contribution in [0.1, 0.15) is 93.9 Å². The predicted molar refractivity (Wildman–Crippen MR) is 164 cm³/mol. The van der Waals surface area contributed by atoms with Crippen LogP contribution in [0, 0.1) is 46.3 Å². The third-order valence-electron chi connectivity index (χ3n) is 13.6. The molecule has 0 saturated heterocycles. The Hall–Kier alpha value is 0.0538. The molecule has 0 aromatic rings. The molecular weight excluding hydrogens is 501 g/mol. The zero-order valence-corrected chi connectivity index (χ0v) is 28.9. The van der Waals surface area contributed by atoms with Crippen molar-refractivity contribution in [3.63, 3.8) is 0 Å². The maximum atomic E-state index is 10.8. The van der Waals surface area contributed by atoms with Gasteiger partial charge in [-0.2, -0.15) is 0 Å². The number of hydrogen-bond acceptors (Lipinski definition) is 3. The number of rotatable bonds is 5. The fraction of sp³-hybridized carbons (Fsp3) is 0.939. The standard InChI is InChI=1S/C33H60O3Si2/c1-30(2,3)37(9,10)35-23-13-15-32(7)22(18-23)17-21(20-34)27-26(32)14-16-33(8)28(27)24-19-25(24)29(33)36-38(11,12)31(4,5)6/h17,21,23-29,34H,13-16,18-20H2,1-12H3/t21-,23+,24-,25+,26+,27-,28+,29+,32+,33+/m1/s1. The van der Waals surface area contributed by atoms with Gasteiger partial charge in [-0.3, -0.25) is 0 Å². The summed E-state index contributed by atoms with van der Waals surface area (Å²) in [4.78, 5) is 0. The van der Waals surface area contributed by atoms with Gasteiger partial charge in [0.25, 0.3) is 0 Å². The van der Waals surface area contributed by atoms with E-state index in [1.807, 2.05) is 0 Å². The van der Waals surface area contributed by atoms with E-state index in [2.05, 4.69) is 87.7 Å². The molecule has 1 N–H and O–H groups in total. The van der Waals surface area contributed by atoms with Gasteiger partial charge >= 0.3 is 0 Å². The molecule has 5 aliphatic carbocycles. The van der Waals surface area contributed by atoms with E-state index < -0.39 is 16.6 Å². The van der Waals surface area contributed by atoms with E-state index >= 15 is 0 Å². The number of hydrogen-bond donors (Lipinski definition) is 1. The van der Waals surface area contributed by atoms with Crippen LogP contribution in [0.2, 0.25) is 36.3 Å². The fourth-order valence-electron chi connectivity index (χ4n) is 9.25. The maximum Gasteiger partial charge on any atom is 0.192 e. The highest BCUT2D eigenvalue weighted by Crippen LogP contribution is 2.75. The molecule has 3 nitrogen and oxygen atoms in total. The Balaban J connectivity index is 1.42. The van der Waals surface area contributed by atoms with Crippen LogP contribution in [-0.4, -0.2) is 40.6 Å². The predicted octanol–water partition coefficient (Wildman–Crippen LogP) is 8.80. The second kappa shape index (κ2) is 9.03. The van der Waals surface area contributed by atoms with E-state index in [4.69, 9.17) is 8.85 Å². The van der Waals surface area contributed by atoms with Crippen LogP contribution >= 0.6 is 0 Å². The van der Waals surface area contributed by atoms with Crippen LogP contribution in [0.25, 0.3) is 0 Å². The molecular formula is C33H60O3Si2. The van der Waals surface area contributed by atoms with Gasteiger partial charge in [-0.05, 0) is 115 Å². The van der Waals surface area contributed by atoms with Crippen LogP contribution in [0.4, 0.5) is 0 Å². The molecule has 5 heteroatoms. The van der Waals surface area contributed by atoms with Crippen molar-refractivity contribution in [1.29, 1.82) is 0 Å². The molecule has 0 aromatic heterocycles. The van der Waals surface area contributed by atoms with Crippen molar-refractivity contribution in [2.24, 2.45) is 46.3 Å². The minimum atomic E-state index is -1.83. The quantitative estimate of drug-likeness (QED) is 0.270. The van der Waals surface area contributed by atoms with Crippen LogP contribution < -0.4 is 0 Å². The van der Waals surface area contributed by atoms with Crippen LogP contribution in [0.15, 0.2) is 11.6 Å². The fourth-order valence-corrected chi connectivity index (χ4v) is 12.1. The van der Waals surface area contributed by atoms with Crippen LogP contribution in [0.5, 0.6) is 0 Å². The lowest BCUT2D eigenvalue weighted by atomic mass is 9.45. The highest BCUT2D eigenvalue weighted by molar-refractivity contribution is 6.74. The topological polar surface area (TPSA) is 38.7 Å². The van der Waals surface area contributed by atoms with Crippen molar-refractivity contribution >= 4 is 16.6 Å². The average Bonchev–Trinajstić information content (AvgIpc) is 3.50. The first kappa shape index (κ1) is 29.5. The summed E-state index contributed by atoms with van der Waals surface area (Å²) in [6.07, 6.45) is 10.8. The smallest absolute Gasteiger partial charge is 0.192 e. The minimum Gasteiger partial charge on any atom is -0.414 e. The summed E-state index contributed by atoms with van der Waals surface area (Å²) in [5.41, 5.74) is 2.16. The van der Waals surface area contributed by atoms with E-state index in [-0.39, 0.29) is 20.9 Å². The normalized spacial score (nSPS) is 45.0. The van der Waals surface area contributed by atoms with E-state index in [0.29, 0.717) is 42.5 Å². The zero-order valence-electron chi connectivity index (χ0n) is 26.9. The van der Waals surface area contributed by atoms with Crippen LogP contribution in [0.3, 0.4) is 0 Å². The molecule has 38 heavy (non-hydrogen) atoms. The first-order valence-electron chi connectivity index (χ1n) is 15.9. The summed E-state index contributed by atoms with van der Waals surface area (Å²) >= 11 is 0.